The molecule has 0 aliphatic heterocycles. The Morgan fingerprint density at radius 2 is 1.00 bits per heavy atom. The fraction of sp³-hybridized carbons (Fsp3) is 0.0588. The van der Waals surface area contributed by atoms with Gasteiger partial charge in [-0.2, -0.15) is 10.5 Å². The molecule has 0 atom stereocenters. The Bertz CT molecular complexity index is 1670. The Hall–Kier alpha value is -2.67. The average Bonchev–Trinajstić information content (AvgIpc) is 3.12. The smallest absolute Gasteiger partial charge is 0.212 e. The molecule has 0 saturated carbocycles. The third-order valence-electron chi connectivity index (χ3n) is 6.01. The molecule has 0 aromatic heterocycles. The van der Waals surface area contributed by atoms with Crippen molar-refractivity contribution >= 4 is 97.0 Å². The number of phenolic OH excluding ortho intramolecular Hbond substituents is 2. The van der Waals surface area contributed by atoms with Crippen molar-refractivity contribution in [1.82, 2.24) is 0 Å². The SMILES string of the molecule is II.I[I-]I.[C-]#[N+]/C(=C(/C#N)c1ccc(CO)cc1)c1ccc(OC)cc1.[C-]#[N+]/C(=C(/C#N)c1ccc(O)cc1)c1ccc(O)cc1. The number of methoxy groups -OCH3 is 1. The van der Waals surface area contributed by atoms with E-state index in [1.54, 1.807) is 79.9 Å². The fourth-order valence-corrected chi connectivity index (χ4v) is 3.81. The summed E-state index contributed by atoms with van der Waals surface area (Å²) in [5.74, 6) is 0.889. The summed E-state index contributed by atoms with van der Waals surface area (Å²) >= 11 is 9.54. The van der Waals surface area contributed by atoms with Crippen LogP contribution >= 0.6 is 74.5 Å². The van der Waals surface area contributed by atoms with E-state index in [1.165, 1.54) is 24.3 Å². The van der Waals surface area contributed by atoms with Gasteiger partial charge in [0.25, 0.3) is 0 Å². The van der Waals surface area contributed by atoms with Crippen molar-refractivity contribution in [2.45, 2.75) is 6.61 Å². The minimum absolute atomic E-state index is 0.0555. The Morgan fingerprint density at radius 3 is 1.30 bits per heavy atom. The number of aliphatic hydroxyl groups is 1. The van der Waals surface area contributed by atoms with E-state index in [-0.39, 0.29) is 29.4 Å². The number of benzene rings is 4. The first-order valence-electron chi connectivity index (χ1n) is 12.8. The first-order valence-corrected chi connectivity index (χ1v) is 31.6. The maximum absolute atomic E-state index is 9.44. The molecule has 0 fully saturated rings. The number of allylic oxidation sites excluding steroid dienone is 2. The molecule has 0 aliphatic rings. The predicted molar refractivity (Wildman–Crippen MR) is 216 cm³/mol. The maximum Gasteiger partial charge on any atom is 0.212 e. The largest absolute Gasteiger partial charge is 0.508 e. The summed E-state index contributed by atoms with van der Waals surface area (Å²) in [4.78, 5) is 6.94. The number of ether oxygens (including phenoxy) is 1. The van der Waals surface area contributed by atoms with E-state index in [4.69, 9.17) is 23.0 Å². The summed E-state index contributed by atoms with van der Waals surface area (Å²) in [7, 11) is 1.57. The monoisotopic (exact) mass is 1190 g/mol. The molecular weight excluding hydrogens is 1160 g/mol. The second-order valence-electron chi connectivity index (χ2n) is 8.63. The number of aromatic hydroxyl groups is 2. The van der Waals surface area contributed by atoms with Crippen LogP contribution in [0.4, 0.5) is 0 Å². The van der Waals surface area contributed by atoms with Crippen molar-refractivity contribution in [3.05, 3.63) is 148 Å². The Balaban J connectivity index is 0.000000415. The number of hydrogen-bond donors (Lipinski definition) is 3. The number of phenols is 2. The zero-order valence-corrected chi connectivity index (χ0v) is 35.2. The molecule has 0 heterocycles. The first-order chi connectivity index (χ1) is 22.8. The van der Waals surface area contributed by atoms with Crippen LogP contribution in [0.5, 0.6) is 17.2 Å². The third-order valence-corrected chi connectivity index (χ3v) is 6.01. The molecule has 0 aliphatic carbocycles. The van der Waals surface area contributed by atoms with Gasteiger partial charge in [-0.05, 0) is 64.2 Å². The summed E-state index contributed by atoms with van der Waals surface area (Å²) in [6.45, 7) is 14.6. The van der Waals surface area contributed by atoms with Crippen LogP contribution < -0.4 is 18.0 Å². The summed E-state index contributed by atoms with van der Waals surface area (Å²) in [6, 6.07) is 30.3. The van der Waals surface area contributed by atoms with Gasteiger partial charge in [-0.1, -0.05) is 60.7 Å². The van der Waals surface area contributed by atoms with E-state index < -0.39 is 0 Å². The number of hydrogen-bond acceptors (Lipinski definition) is 6. The average molecular weight is 1190 g/mol. The Morgan fingerprint density at radius 1 is 0.681 bits per heavy atom. The summed E-state index contributed by atoms with van der Waals surface area (Å²) in [5.41, 5.74) is 4.23. The molecule has 0 spiro atoms. The van der Waals surface area contributed by atoms with Crippen LogP contribution in [0.2, 0.25) is 0 Å². The van der Waals surface area contributed by atoms with Gasteiger partial charge in [-0.25, -0.2) is 9.69 Å². The van der Waals surface area contributed by atoms with Crippen molar-refractivity contribution in [3.8, 4) is 29.4 Å². The molecule has 0 amide bonds. The van der Waals surface area contributed by atoms with Crippen molar-refractivity contribution in [3.63, 3.8) is 0 Å². The number of aliphatic hydroxyl groups excluding tert-OH is 1. The van der Waals surface area contributed by atoms with Crippen molar-refractivity contribution in [1.29, 1.82) is 10.5 Å². The van der Waals surface area contributed by atoms with E-state index in [9.17, 15) is 20.7 Å². The summed E-state index contributed by atoms with van der Waals surface area (Å²) in [5, 5.41) is 46.4. The summed E-state index contributed by atoms with van der Waals surface area (Å²) < 4.78 is 5.10. The molecule has 0 bridgehead atoms. The first kappa shape index (κ1) is 42.4. The van der Waals surface area contributed by atoms with Crippen LogP contribution in [0.1, 0.15) is 27.8 Å². The van der Waals surface area contributed by atoms with Crippen LogP contribution in [0.3, 0.4) is 0 Å². The van der Waals surface area contributed by atoms with E-state index in [1.807, 2.05) is 6.07 Å². The number of nitriles is 2. The van der Waals surface area contributed by atoms with Crippen molar-refractivity contribution < 1.29 is 33.3 Å². The normalized spacial score (nSPS) is 10.5. The van der Waals surface area contributed by atoms with Gasteiger partial charge in [0.15, 0.2) is 0 Å². The van der Waals surface area contributed by atoms with Gasteiger partial charge in [0, 0.05) is 37.2 Å². The second kappa shape index (κ2) is 24.5. The van der Waals surface area contributed by atoms with Crippen LogP contribution in [0.15, 0.2) is 97.1 Å². The van der Waals surface area contributed by atoms with Crippen LogP contribution in [-0.2, 0) is 6.61 Å². The van der Waals surface area contributed by atoms with Crippen LogP contribution in [-0.4, -0.2) is 22.4 Å². The Kier molecular flexibility index (Phi) is 22.0. The fourth-order valence-electron chi connectivity index (χ4n) is 3.81. The quantitative estimate of drug-likeness (QED) is 0.0798. The molecule has 4 aromatic rings. The number of halogens is 5. The van der Waals surface area contributed by atoms with Gasteiger partial charge in [-0.15, -0.1) is 0 Å². The zero-order valence-electron chi connectivity index (χ0n) is 24.4. The van der Waals surface area contributed by atoms with E-state index in [0.29, 0.717) is 52.5 Å². The van der Waals surface area contributed by atoms with Gasteiger partial charge in [0.1, 0.15) is 17.2 Å². The Labute approximate surface area is 327 Å². The maximum atomic E-state index is 9.44. The summed E-state index contributed by atoms with van der Waals surface area (Å²) in [6.07, 6.45) is 0. The standard InChI is InChI=1S/C18H14N2O2.C16H10N2O2.I3.I2/c1-20-18(15-7-9-16(22-2)10-8-15)17(11-19)14-5-3-13(12-21)4-6-14;1-18-16(12-4-8-14(20)9-5-12)15(10-17)11-2-6-13(19)7-3-11;1-3-2;1-2/h3-10,21H,12H2,2H3;2-9,19-20H;;/q;;-1;/b18-17-;16-15-;;. The molecule has 0 unspecified atom stereocenters. The van der Waals surface area contributed by atoms with Crippen molar-refractivity contribution in [2.75, 3.05) is 7.11 Å². The second-order valence-corrected chi connectivity index (χ2v) is 24.9. The van der Waals surface area contributed by atoms with Crippen molar-refractivity contribution in [2.24, 2.45) is 0 Å². The topological polar surface area (TPSA) is 126 Å². The predicted octanol–water partition coefficient (Wildman–Crippen LogP) is 7.45. The molecule has 0 saturated heterocycles. The molecule has 3 N–H and O–H groups in total. The van der Waals surface area contributed by atoms with Crippen LogP contribution in [0.25, 0.3) is 32.2 Å². The van der Waals surface area contributed by atoms with Gasteiger partial charge in [0.2, 0.25) is 11.4 Å². The molecule has 4 aromatic carbocycles. The van der Waals surface area contributed by atoms with Gasteiger partial charge in [-0.3, -0.25) is 0 Å². The van der Waals surface area contributed by atoms with Gasteiger partial charge < -0.3 is 20.1 Å². The van der Waals surface area contributed by atoms with Gasteiger partial charge >= 0.3 is 50.5 Å². The molecule has 47 heavy (non-hydrogen) atoms. The van der Waals surface area contributed by atoms with E-state index in [0.717, 1.165) is 5.56 Å². The molecule has 4 rings (SSSR count). The molecule has 8 nitrogen and oxygen atoms in total. The molecule has 0 radical (unpaired) electrons. The molecule has 240 valence electrons. The molecule has 13 heteroatoms. The van der Waals surface area contributed by atoms with Crippen LogP contribution in [0, 0.1) is 35.8 Å². The minimum atomic E-state index is -0.0555. The number of rotatable bonds is 6. The third kappa shape index (κ3) is 13.8. The minimum Gasteiger partial charge on any atom is -0.508 e. The molecular formula is C34H24I5N4O4-. The van der Waals surface area contributed by atoms with E-state index >= 15 is 0 Å². The van der Waals surface area contributed by atoms with E-state index in [2.05, 4.69) is 90.2 Å². The number of nitrogens with zero attached hydrogens (tertiary/aromatic N) is 4. The zero-order chi connectivity index (χ0) is 35.2. The van der Waals surface area contributed by atoms with Gasteiger partial charge in [0.05, 0.1) is 50.1 Å².